The first kappa shape index (κ1) is 90.1. The van der Waals surface area contributed by atoms with Gasteiger partial charge >= 0.3 is 39.5 Å². The Balaban J connectivity index is 5.21. The molecule has 3 N–H and O–H groups in total. The van der Waals surface area contributed by atoms with Gasteiger partial charge in [0.1, 0.15) is 19.3 Å². The predicted molar refractivity (Wildman–Crippen MR) is 372 cm³/mol. The Labute approximate surface area is 562 Å². The lowest BCUT2D eigenvalue weighted by Gasteiger charge is -2.21. The zero-order chi connectivity index (χ0) is 67.9. The Morgan fingerprint density at radius 2 is 0.554 bits per heavy atom. The van der Waals surface area contributed by atoms with Crippen molar-refractivity contribution in [1.82, 2.24) is 0 Å². The lowest BCUT2D eigenvalue weighted by Crippen LogP contribution is -2.30. The van der Waals surface area contributed by atoms with E-state index in [0.717, 1.165) is 108 Å². The summed E-state index contributed by atoms with van der Waals surface area (Å²) in [4.78, 5) is 72.6. The highest BCUT2D eigenvalue weighted by Gasteiger charge is 2.30. The number of carbonyl (C=O) groups is 4. The molecule has 0 bridgehead atoms. The standard InChI is InChI=1S/C73H142O17P2/c1-7-10-12-14-16-18-20-21-22-23-24-25-26-27-29-33-38-46-52-58-73(78)89-68(61-83-70(75)55-49-43-36-34-30-31-35-41-47-53-65(4)5)63-87-91(79,80)85-59-67(74)60-86-92(81,82)88-64-69(62-84-71(76)56-50-44-40-39-42-48-54-66(6)9-3)90-72(77)57-51-45-37-32-28-19-17-15-13-11-8-2/h65-69,74H,7-64H2,1-6H3,(H,79,80)(H,81,82)/t66?,67-,68-,69-/m1/s1. The van der Waals surface area contributed by atoms with Gasteiger partial charge < -0.3 is 33.8 Å². The molecule has 0 aromatic carbocycles. The minimum absolute atomic E-state index is 0.106. The number of carbonyl (C=O) groups excluding carboxylic acids is 4. The summed E-state index contributed by atoms with van der Waals surface area (Å²) in [5.41, 5.74) is 0. The van der Waals surface area contributed by atoms with Gasteiger partial charge in [0.05, 0.1) is 26.4 Å². The van der Waals surface area contributed by atoms with Gasteiger partial charge in [-0.1, -0.05) is 324 Å². The molecule has 0 rings (SSSR count). The van der Waals surface area contributed by atoms with Gasteiger partial charge in [0, 0.05) is 25.7 Å². The van der Waals surface area contributed by atoms with Crippen LogP contribution >= 0.6 is 15.6 Å². The molecule has 3 unspecified atom stereocenters. The summed E-state index contributed by atoms with van der Waals surface area (Å²) in [5, 5.41) is 10.6. The van der Waals surface area contributed by atoms with Gasteiger partial charge in [0.25, 0.3) is 0 Å². The summed E-state index contributed by atoms with van der Waals surface area (Å²) in [5.74, 6) is -0.646. The lowest BCUT2D eigenvalue weighted by molar-refractivity contribution is -0.161. The van der Waals surface area contributed by atoms with E-state index in [1.165, 1.54) is 186 Å². The van der Waals surface area contributed by atoms with E-state index in [-0.39, 0.29) is 25.7 Å². The Morgan fingerprint density at radius 1 is 0.315 bits per heavy atom. The van der Waals surface area contributed by atoms with E-state index in [9.17, 15) is 43.2 Å². The first-order valence-corrected chi connectivity index (χ1v) is 41.0. The molecule has 0 aliphatic rings. The summed E-state index contributed by atoms with van der Waals surface area (Å²) in [6.45, 7) is 9.51. The molecule has 0 saturated heterocycles. The summed E-state index contributed by atoms with van der Waals surface area (Å²) in [6.07, 6.45) is 51.4. The summed E-state index contributed by atoms with van der Waals surface area (Å²) in [6, 6.07) is 0. The van der Waals surface area contributed by atoms with E-state index in [1.807, 2.05) is 0 Å². The van der Waals surface area contributed by atoms with Crippen LogP contribution in [0.1, 0.15) is 375 Å². The van der Waals surface area contributed by atoms with Gasteiger partial charge in [0.15, 0.2) is 12.2 Å². The number of hydrogen-bond acceptors (Lipinski definition) is 15. The molecular weight excluding hydrogens is 1210 g/mol. The number of aliphatic hydroxyl groups is 1. The van der Waals surface area contributed by atoms with Crippen molar-refractivity contribution >= 4 is 39.5 Å². The van der Waals surface area contributed by atoms with Crippen molar-refractivity contribution in [3.05, 3.63) is 0 Å². The van der Waals surface area contributed by atoms with Crippen molar-refractivity contribution in [3.8, 4) is 0 Å². The van der Waals surface area contributed by atoms with E-state index >= 15 is 0 Å². The SMILES string of the molecule is CCCCCCCCCCCCCCCCCCCCCC(=O)O[C@H](COC(=O)CCCCCCCCCCCC(C)C)COP(=O)(O)OC[C@@H](O)COP(=O)(O)OC[C@@H](COC(=O)CCCCCCCCC(C)CC)OC(=O)CCCCCCCCCCCCC. The first-order valence-electron chi connectivity index (χ1n) is 38.0. The maximum absolute atomic E-state index is 13.1. The largest absolute Gasteiger partial charge is 0.472 e. The van der Waals surface area contributed by atoms with Crippen LogP contribution in [0.25, 0.3) is 0 Å². The Morgan fingerprint density at radius 3 is 0.826 bits per heavy atom. The van der Waals surface area contributed by atoms with Crippen LogP contribution in [0.5, 0.6) is 0 Å². The van der Waals surface area contributed by atoms with E-state index in [2.05, 4.69) is 41.5 Å². The fraction of sp³-hybridized carbons (Fsp3) is 0.945. The fourth-order valence-corrected chi connectivity index (χ4v) is 12.7. The molecule has 0 aliphatic heterocycles. The molecule has 0 spiro atoms. The number of unbranched alkanes of at least 4 members (excludes halogenated alkanes) is 41. The highest BCUT2D eigenvalue weighted by Crippen LogP contribution is 2.45. The Kier molecular flexibility index (Phi) is 63.7. The summed E-state index contributed by atoms with van der Waals surface area (Å²) < 4.78 is 68.4. The highest BCUT2D eigenvalue weighted by molar-refractivity contribution is 7.47. The van der Waals surface area contributed by atoms with E-state index < -0.39 is 97.5 Å². The van der Waals surface area contributed by atoms with Gasteiger partial charge in [-0.25, -0.2) is 9.13 Å². The molecule has 0 aromatic heterocycles. The zero-order valence-electron chi connectivity index (χ0n) is 59.9. The first-order chi connectivity index (χ1) is 44.4. The van der Waals surface area contributed by atoms with Crippen LogP contribution < -0.4 is 0 Å². The topological polar surface area (TPSA) is 237 Å². The van der Waals surface area contributed by atoms with Gasteiger partial charge in [-0.3, -0.25) is 37.3 Å². The third-order valence-corrected chi connectivity index (χ3v) is 19.2. The number of phosphoric ester groups is 2. The van der Waals surface area contributed by atoms with E-state index in [4.69, 9.17) is 37.0 Å². The van der Waals surface area contributed by atoms with Crippen LogP contribution in [-0.4, -0.2) is 96.7 Å². The van der Waals surface area contributed by atoms with Gasteiger partial charge in [-0.15, -0.1) is 0 Å². The second-order valence-electron chi connectivity index (χ2n) is 27.1. The van der Waals surface area contributed by atoms with Crippen LogP contribution in [-0.2, 0) is 65.4 Å². The van der Waals surface area contributed by atoms with Crippen molar-refractivity contribution in [3.63, 3.8) is 0 Å². The molecular formula is C73H142O17P2. The van der Waals surface area contributed by atoms with Crippen molar-refractivity contribution in [2.45, 2.75) is 394 Å². The number of rotatable bonds is 72. The number of phosphoric acid groups is 2. The minimum Gasteiger partial charge on any atom is -0.462 e. The highest BCUT2D eigenvalue weighted by atomic mass is 31.2. The normalized spacial score (nSPS) is 14.4. The average Bonchev–Trinajstić information content (AvgIpc) is 2.67. The van der Waals surface area contributed by atoms with Crippen LogP contribution in [0.15, 0.2) is 0 Å². The zero-order valence-corrected chi connectivity index (χ0v) is 61.6. The van der Waals surface area contributed by atoms with Crippen LogP contribution in [0.2, 0.25) is 0 Å². The van der Waals surface area contributed by atoms with Crippen molar-refractivity contribution in [2.75, 3.05) is 39.6 Å². The predicted octanol–water partition coefficient (Wildman–Crippen LogP) is 21.2. The summed E-state index contributed by atoms with van der Waals surface area (Å²) >= 11 is 0. The molecule has 17 nitrogen and oxygen atoms in total. The Hall–Kier alpha value is -1.94. The van der Waals surface area contributed by atoms with Crippen LogP contribution in [0, 0.1) is 11.8 Å². The minimum atomic E-state index is -4.95. The maximum atomic E-state index is 13.1. The molecule has 546 valence electrons. The molecule has 0 heterocycles. The third kappa shape index (κ3) is 65.4. The molecule has 0 radical (unpaired) electrons. The lowest BCUT2D eigenvalue weighted by atomic mass is 10.00. The molecule has 19 heteroatoms. The molecule has 0 amide bonds. The van der Waals surface area contributed by atoms with Crippen LogP contribution in [0.4, 0.5) is 0 Å². The molecule has 92 heavy (non-hydrogen) atoms. The van der Waals surface area contributed by atoms with Gasteiger partial charge in [-0.2, -0.15) is 0 Å². The van der Waals surface area contributed by atoms with Crippen molar-refractivity contribution in [2.24, 2.45) is 11.8 Å². The molecule has 6 atom stereocenters. The van der Waals surface area contributed by atoms with E-state index in [0.29, 0.717) is 25.7 Å². The van der Waals surface area contributed by atoms with Crippen LogP contribution in [0.3, 0.4) is 0 Å². The molecule has 0 aromatic rings. The Bertz CT molecular complexity index is 1790. The third-order valence-electron chi connectivity index (χ3n) is 17.3. The molecule has 0 aliphatic carbocycles. The van der Waals surface area contributed by atoms with Gasteiger partial charge in [-0.05, 0) is 37.5 Å². The second kappa shape index (κ2) is 65.0. The molecule has 0 fully saturated rings. The summed E-state index contributed by atoms with van der Waals surface area (Å²) in [7, 11) is -9.90. The fourth-order valence-electron chi connectivity index (χ4n) is 11.1. The van der Waals surface area contributed by atoms with Crippen molar-refractivity contribution < 1.29 is 80.2 Å². The van der Waals surface area contributed by atoms with Crippen molar-refractivity contribution in [1.29, 1.82) is 0 Å². The van der Waals surface area contributed by atoms with E-state index in [1.54, 1.807) is 0 Å². The number of hydrogen-bond donors (Lipinski definition) is 3. The van der Waals surface area contributed by atoms with Gasteiger partial charge in [0.2, 0.25) is 0 Å². The monoisotopic (exact) mass is 1350 g/mol. The maximum Gasteiger partial charge on any atom is 0.472 e. The smallest absolute Gasteiger partial charge is 0.462 e. The average molecular weight is 1350 g/mol. The number of esters is 4. The molecule has 0 saturated carbocycles. The number of ether oxygens (including phenoxy) is 4. The number of aliphatic hydroxyl groups excluding tert-OH is 1. The quantitative estimate of drug-likeness (QED) is 0.0222. The second-order valence-corrected chi connectivity index (χ2v) is 30.0.